The van der Waals surface area contributed by atoms with Gasteiger partial charge in [0.25, 0.3) is 5.91 Å². The van der Waals surface area contributed by atoms with E-state index in [2.05, 4.69) is 10.2 Å². The van der Waals surface area contributed by atoms with Crippen LogP contribution in [0.2, 0.25) is 0 Å². The second-order valence-electron chi connectivity index (χ2n) is 8.73. The number of carbonyl (C=O) groups is 3. The third kappa shape index (κ3) is 4.20. The van der Waals surface area contributed by atoms with Crippen molar-refractivity contribution in [1.82, 2.24) is 10.2 Å². The Hall–Kier alpha value is -3.35. The summed E-state index contributed by atoms with van der Waals surface area (Å²) < 4.78 is 0. The Labute approximate surface area is 189 Å². The van der Waals surface area contributed by atoms with Crippen molar-refractivity contribution in [1.29, 1.82) is 0 Å². The molecule has 0 unspecified atom stereocenters. The van der Waals surface area contributed by atoms with Crippen molar-refractivity contribution in [2.45, 2.75) is 38.3 Å². The summed E-state index contributed by atoms with van der Waals surface area (Å²) >= 11 is 0. The minimum Gasteiger partial charge on any atom is -0.358 e. The van der Waals surface area contributed by atoms with Gasteiger partial charge in [0.15, 0.2) is 0 Å². The van der Waals surface area contributed by atoms with Crippen molar-refractivity contribution >= 4 is 29.1 Å². The number of rotatable bonds is 5. The predicted molar refractivity (Wildman–Crippen MR) is 125 cm³/mol. The van der Waals surface area contributed by atoms with E-state index >= 15 is 0 Å². The lowest BCUT2D eigenvalue weighted by molar-refractivity contribution is -0.125. The van der Waals surface area contributed by atoms with Gasteiger partial charge in [-0.3, -0.25) is 19.3 Å². The molecule has 2 aliphatic heterocycles. The number of anilines is 2. The van der Waals surface area contributed by atoms with E-state index in [4.69, 9.17) is 0 Å². The SMILES string of the molecule is C[C@H](NC(=O)CN1C(=O)[C@H]2CCCCN2c2ccc(C(=O)N(C)C)cc21)c1ccccc1. The first-order valence-electron chi connectivity index (χ1n) is 11.1. The third-order valence-electron chi connectivity index (χ3n) is 6.26. The fourth-order valence-corrected chi connectivity index (χ4v) is 4.57. The Balaban J connectivity index is 1.63. The molecule has 1 fully saturated rings. The summed E-state index contributed by atoms with van der Waals surface area (Å²) in [5.41, 5.74) is 3.04. The molecule has 1 N–H and O–H groups in total. The van der Waals surface area contributed by atoms with E-state index in [-0.39, 0.29) is 36.3 Å². The van der Waals surface area contributed by atoms with Crippen LogP contribution < -0.4 is 15.1 Å². The third-order valence-corrected chi connectivity index (χ3v) is 6.26. The lowest BCUT2D eigenvalue weighted by Crippen LogP contribution is -2.57. The van der Waals surface area contributed by atoms with Gasteiger partial charge >= 0.3 is 0 Å². The van der Waals surface area contributed by atoms with Crippen LogP contribution in [0.4, 0.5) is 11.4 Å². The number of piperidine rings is 1. The van der Waals surface area contributed by atoms with Crippen molar-refractivity contribution < 1.29 is 14.4 Å². The van der Waals surface area contributed by atoms with E-state index in [9.17, 15) is 14.4 Å². The Morgan fingerprint density at radius 1 is 1.09 bits per heavy atom. The summed E-state index contributed by atoms with van der Waals surface area (Å²) in [6, 6.07) is 14.8. The second kappa shape index (κ2) is 9.02. The van der Waals surface area contributed by atoms with Gasteiger partial charge in [-0.1, -0.05) is 30.3 Å². The maximum Gasteiger partial charge on any atom is 0.253 e. The molecule has 2 heterocycles. The fraction of sp³-hybridized carbons (Fsp3) is 0.400. The molecule has 3 amide bonds. The minimum atomic E-state index is -0.258. The number of nitrogens with zero attached hydrogens (tertiary/aromatic N) is 3. The summed E-state index contributed by atoms with van der Waals surface area (Å²) in [5, 5.41) is 3.00. The first kappa shape index (κ1) is 21.9. The van der Waals surface area contributed by atoms with Gasteiger partial charge < -0.3 is 15.1 Å². The molecule has 2 aliphatic rings. The van der Waals surface area contributed by atoms with E-state index in [0.29, 0.717) is 11.3 Å². The van der Waals surface area contributed by atoms with E-state index in [0.717, 1.165) is 37.1 Å². The highest BCUT2D eigenvalue weighted by Crippen LogP contribution is 2.40. The molecule has 0 aromatic heterocycles. The molecule has 0 radical (unpaired) electrons. The molecule has 7 nitrogen and oxygen atoms in total. The smallest absolute Gasteiger partial charge is 0.253 e. The van der Waals surface area contributed by atoms with Gasteiger partial charge in [0.05, 0.1) is 17.4 Å². The van der Waals surface area contributed by atoms with Crippen LogP contribution in [0.15, 0.2) is 48.5 Å². The molecular weight excluding hydrogens is 404 g/mol. The van der Waals surface area contributed by atoms with Gasteiger partial charge in [-0.15, -0.1) is 0 Å². The van der Waals surface area contributed by atoms with Crippen LogP contribution in [0.5, 0.6) is 0 Å². The van der Waals surface area contributed by atoms with Crippen molar-refractivity contribution in [3.8, 4) is 0 Å². The molecule has 0 spiro atoms. The summed E-state index contributed by atoms with van der Waals surface area (Å²) in [6.07, 6.45) is 2.79. The molecule has 32 heavy (non-hydrogen) atoms. The van der Waals surface area contributed by atoms with Crippen molar-refractivity contribution in [2.75, 3.05) is 37.0 Å². The van der Waals surface area contributed by atoms with E-state index < -0.39 is 0 Å². The number of hydrogen-bond acceptors (Lipinski definition) is 4. The standard InChI is InChI=1S/C25H30N4O3/c1-17(18-9-5-4-6-10-18)26-23(30)16-29-22-15-19(24(31)27(2)3)12-13-20(22)28-14-8-7-11-21(28)25(29)32/h4-6,9-10,12-13,15,17,21H,7-8,11,14,16H2,1-3H3,(H,26,30)/t17-,21+/m0/s1. The highest BCUT2D eigenvalue weighted by atomic mass is 16.2. The van der Waals surface area contributed by atoms with Crippen LogP contribution >= 0.6 is 0 Å². The number of hydrogen-bond donors (Lipinski definition) is 1. The van der Waals surface area contributed by atoms with Crippen molar-refractivity contribution in [3.05, 3.63) is 59.7 Å². The van der Waals surface area contributed by atoms with Crippen molar-refractivity contribution in [3.63, 3.8) is 0 Å². The van der Waals surface area contributed by atoms with Crippen LogP contribution in [-0.2, 0) is 9.59 Å². The van der Waals surface area contributed by atoms with Crippen molar-refractivity contribution in [2.24, 2.45) is 0 Å². The Bertz CT molecular complexity index is 1020. The first-order chi connectivity index (χ1) is 15.4. The van der Waals surface area contributed by atoms with Gasteiger partial charge in [-0.05, 0) is 49.9 Å². The number of carbonyl (C=O) groups excluding carboxylic acids is 3. The van der Waals surface area contributed by atoms with Gasteiger partial charge in [0, 0.05) is 26.2 Å². The average molecular weight is 435 g/mol. The summed E-state index contributed by atoms with van der Waals surface area (Å²) in [4.78, 5) is 44.1. The summed E-state index contributed by atoms with van der Waals surface area (Å²) in [7, 11) is 3.40. The normalized spacial score (nSPS) is 18.5. The highest BCUT2D eigenvalue weighted by Gasteiger charge is 2.40. The Kier molecular flexibility index (Phi) is 6.17. The molecule has 0 saturated carbocycles. The average Bonchev–Trinajstić information content (AvgIpc) is 2.81. The Morgan fingerprint density at radius 3 is 2.56 bits per heavy atom. The van der Waals surface area contributed by atoms with Crippen LogP contribution in [0, 0.1) is 0 Å². The molecule has 7 heteroatoms. The van der Waals surface area contributed by atoms with Crippen LogP contribution in [-0.4, -0.2) is 55.8 Å². The number of benzene rings is 2. The fourth-order valence-electron chi connectivity index (χ4n) is 4.57. The van der Waals surface area contributed by atoms with E-state index in [1.54, 1.807) is 31.1 Å². The van der Waals surface area contributed by atoms with Crippen LogP contribution in [0.1, 0.15) is 48.1 Å². The van der Waals surface area contributed by atoms with Gasteiger partial charge in [0.2, 0.25) is 11.8 Å². The molecule has 2 atom stereocenters. The monoisotopic (exact) mass is 434 g/mol. The van der Waals surface area contributed by atoms with E-state index in [1.165, 1.54) is 4.90 Å². The zero-order valence-electron chi connectivity index (χ0n) is 18.9. The quantitative estimate of drug-likeness (QED) is 0.785. The zero-order chi connectivity index (χ0) is 22.8. The molecule has 0 aliphatic carbocycles. The molecule has 2 aromatic carbocycles. The van der Waals surface area contributed by atoms with Crippen LogP contribution in [0.25, 0.3) is 0 Å². The summed E-state index contributed by atoms with van der Waals surface area (Å²) in [6.45, 7) is 2.65. The lowest BCUT2D eigenvalue weighted by Gasteiger charge is -2.45. The molecular formula is C25H30N4O3. The summed E-state index contributed by atoms with van der Waals surface area (Å²) in [5.74, 6) is -0.438. The highest BCUT2D eigenvalue weighted by molar-refractivity contribution is 6.09. The Morgan fingerprint density at radius 2 is 1.84 bits per heavy atom. The minimum absolute atomic E-state index is 0.0748. The lowest BCUT2D eigenvalue weighted by atomic mass is 9.95. The number of nitrogens with one attached hydrogen (secondary N) is 1. The van der Waals surface area contributed by atoms with Crippen LogP contribution in [0.3, 0.4) is 0 Å². The second-order valence-corrected chi connectivity index (χ2v) is 8.73. The predicted octanol–water partition coefficient (Wildman–Crippen LogP) is 2.97. The number of fused-ring (bicyclic) bond motifs is 3. The van der Waals surface area contributed by atoms with Gasteiger partial charge in [-0.2, -0.15) is 0 Å². The zero-order valence-corrected chi connectivity index (χ0v) is 18.9. The topological polar surface area (TPSA) is 73.0 Å². The largest absolute Gasteiger partial charge is 0.358 e. The first-order valence-corrected chi connectivity index (χ1v) is 11.1. The molecule has 0 bridgehead atoms. The molecule has 4 rings (SSSR count). The molecule has 1 saturated heterocycles. The maximum absolute atomic E-state index is 13.4. The molecule has 2 aromatic rings. The maximum atomic E-state index is 13.4. The van der Waals surface area contributed by atoms with E-state index in [1.807, 2.05) is 43.3 Å². The number of amides is 3. The van der Waals surface area contributed by atoms with Gasteiger partial charge in [-0.25, -0.2) is 0 Å². The van der Waals surface area contributed by atoms with Gasteiger partial charge in [0.1, 0.15) is 12.6 Å². The molecule has 168 valence electrons.